The molecule has 4 aromatic rings. The van der Waals surface area contributed by atoms with E-state index in [2.05, 4.69) is 19.7 Å². The second-order valence-corrected chi connectivity index (χ2v) is 8.92. The first kappa shape index (κ1) is 46.8. The van der Waals surface area contributed by atoms with Gasteiger partial charge >= 0.3 is 57.9 Å². The Kier molecular flexibility index (Phi) is 24.5. The van der Waals surface area contributed by atoms with Crippen LogP contribution < -0.4 is 41.0 Å². The number of aromatic carboxylic acids is 1. The van der Waals surface area contributed by atoms with Crippen molar-refractivity contribution < 1.29 is 81.2 Å². The van der Waals surface area contributed by atoms with Gasteiger partial charge in [0.2, 0.25) is 0 Å². The van der Waals surface area contributed by atoms with Crippen LogP contribution in [-0.4, -0.2) is 77.2 Å². The summed E-state index contributed by atoms with van der Waals surface area (Å²) in [4.78, 5) is 40.8. The smallest absolute Gasteiger partial charge is 0.478 e. The number of fused-ring (bicyclic) bond motifs is 1. The summed E-state index contributed by atoms with van der Waals surface area (Å²) in [6.45, 7) is 3.63. The SMILES string of the molecule is CO.COC(=O)c1cccc(C)c1N.COC(=O)c1cccc2cn[nH]c12.Cc1cccc(C(=O)O)c1N.O=N[O-].O=S(=O)(O)O.[Na+]. The van der Waals surface area contributed by atoms with E-state index < -0.39 is 22.3 Å². The molecule has 47 heavy (non-hydrogen) atoms. The van der Waals surface area contributed by atoms with Gasteiger partial charge < -0.3 is 41.3 Å². The molecule has 0 atom stereocenters. The maximum atomic E-state index is 11.3. The number of carboxylic acids is 1. The van der Waals surface area contributed by atoms with E-state index in [0.29, 0.717) is 28.0 Å². The Hall–Kier alpha value is -4.63. The number of aliphatic hydroxyl groups excluding tert-OH is 1. The third kappa shape index (κ3) is 18.2. The van der Waals surface area contributed by atoms with Crippen molar-refractivity contribution in [3.8, 4) is 0 Å². The molecule has 0 fully saturated rings. The number of hydrogen-bond donors (Lipinski definition) is 7. The fourth-order valence-electron chi connectivity index (χ4n) is 3.08. The quantitative estimate of drug-likeness (QED) is 0.0377. The fourth-order valence-corrected chi connectivity index (χ4v) is 3.08. The number of carbonyl (C=O) groups excluding carboxylic acids is 2. The number of benzene rings is 3. The van der Waals surface area contributed by atoms with Crippen LogP contribution in [0.25, 0.3) is 10.9 Å². The molecular formula is C27H34N5NaO13S. The first-order valence-corrected chi connectivity index (χ1v) is 13.5. The van der Waals surface area contributed by atoms with Gasteiger partial charge in [0.1, 0.15) is 0 Å². The molecule has 252 valence electrons. The number of aromatic amines is 1. The number of H-pyrrole nitrogens is 1. The predicted octanol–water partition coefficient (Wildman–Crippen LogP) is 0.199. The predicted molar refractivity (Wildman–Crippen MR) is 168 cm³/mol. The molecule has 20 heteroatoms. The number of carbonyl (C=O) groups is 3. The number of esters is 2. The maximum Gasteiger partial charge on any atom is 1.00 e. The Labute approximate surface area is 291 Å². The van der Waals surface area contributed by atoms with Crippen molar-refractivity contribution >= 4 is 50.6 Å². The monoisotopic (exact) mass is 691 g/mol. The normalized spacial score (nSPS) is 9.11. The fraction of sp³-hybridized carbons (Fsp3) is 0.185. The van der Waals surface area contributed by atoms with Gasteiger partial charge in [0.25, 0.3) is 0 Å². The number of para-hydroxylation sites is 3. The van der Waals surface area contributed by atoms with Gasteiger partial charge in [-0.05, 0) is 43.2 Å². The number of ether oxygens (including phenoxy) is 2. The van der Waals surface area contributed by atoms with E-state index in [4.69, 9.17) is 49.3 Å². The van der Waals surface area contributed by atoms with E-state index in [1.54, 1.807) is 49.5 Å². The zero-order valence-electron chi connectivity index (χ0n) is 26.2. The molecule has 0 spiro atoms. The van der Waals surface area contributed by atoms with Crippen LogP contribution in [0.5, 0.6) is 0 Å². The second-order valence-electron chi connectivity index (χ2n) is 8.02. The van der Waals surface area contributed by atoms with Gasteiger partial charge in [-0.15, -0.1) is 5.34 Å². The van der Waals surface area contributed by atoms with Crippen LogP contribution in [0.2, 0.25) is 0 Å². The zero-order valence-corrected chi connectivity index (χ0v) is 29.0. The van der Waals surface area contributed by atoms with Gasteiger partial charge in [0.05, 0.1) is 42.6 Å². The van der Waals surface area contributed by atoms with E-state index in [0.717, 1.165) is 29.0 Å². The number of rotatable bonds is 3. The van der Waals surface area contributed by atoms with Gasteiger partial charge in [-0.2, -0.15) is 13.5 Å². The van der Waals surface area contributed by atoms with Gasteiger partial charge in [0, 0.05) is 23.9 Å². The van der Waals surface area contributed by atoms with Gasteiger partial charge in [-0.1, -0.05) is 36.4 Å². The Bertz CT molecular complexity index is 1670. The van der Waals surface area contributed by atoms with E-state index in [-0.39, 0.29) is 41.1 Å². The molecule has 0 aliphatic carbocycles. The van der Waals surface area contributed by atoms with E-state index in [1.165, 1.54) is 20.3 Å². The van der Waals surface area contributed by atoms with Crippen molar-refractivity contribution in [3.63, 3.8) is 0 Å². The van der Waals surface area contributed by atoms with Crippen molar-refractivity contribution in [3.05, 3.63) is 98.7 Å². The Morgan fingerprint density at radius 3 is 1.60 bits per heavy atom. The number of nitrogens with zero attached hydrogens (tertiary/aromatic N) is 2. The summed E-state index contributed by atoms with van der Waals surface area (Å²) in [5.41, 5.74) is 15.5. The summed E-state index contributed by atoms with van der Waals surface area (Å²) in [6.07, 6.45) is 1.67. The van der Waals surface area contributed by atoms with E-state index >= 15 is 0 Å². The number of aliphatic hydroxyl groups is 1. The molecule has 1 aromatic heterocycles. The molecule has 18 nitrogen and oxygen atoms in total. The minimum atomic E-state index is -4.67. The average Bonchev–Trinajstić information content (AvgIpc) is 3.50. The maximum absolute atomic E-state index is 11.3. The summed E-state index contributed by atoms with van der Waals surface area (Å²) < 4.78 is 40.8. The van der Waals surface area contributed by atoms with Crippen molar-refractivity contribution in [2.75, 3.05) is 32.8 Å². The number of nitrogen functional groups attached to an aromatic ring is 2. The molecular weight excluding hydrogens is 657 g/mol. The minimum Gasteiger partial charge on any atom is -0.478 e. The number of nitrogens with one attached hydrogen (secondary N) is 1. The molecule has 3 aromatic carbocycles. The Morgan fingerprint density at radius 1 is 0.830 bits per heavy atom. The van der Waals surface area contributed by atoms with E-state index in [9.17, 15) is 14.4 Å². The molecule has 1 heterocycles. The van der Waals surface area contributed by atoms with E-state index in [1.807, 2.05) is 19.1 Å². The second kappa shape index (κ2) is 24.6. The van der Waals surface area contributed by atoms with Crippen molar-refractivity contribution in [2.45, 2.75) is 13.8 Å². The Balaban J connectivity index is -0.000000538. The summed E-state index contributed by atoms with van der Waals surface area (Å²) >= 11 is 0. The molecule has 0 saturated heterocycles. The standard InChI is InChI=1S/C9H8N2O2.C9H11NO2.C8H9NO2.CH4O.HNO2.Na.H2O4S/c1-13-9(12)7-4-2-3-6-5-10-11-8(6)7;1-6-4-3-5-7(8(6)10)9(11)12-2;1-5-3-2-4-6(7(5)9)8(10)11;1-2;2-1-3;;1-5(2,3)4/h2-5H,1H3,(H,10,11);3-5H,10H2,1-2H3;2-4H,9H2,1H3,(H,10,11);2H,1H3;(H,2,3);;(H2,1,2,3,4)/q;;;;;+1;/p-1. The number of aromatic nitrogens is 2. The van der Waals surface area contributed by atoms with Crippen molar-refractivity contribution in [1.29, 1.82) is 0 Å². The molecule has 0 radical (unpaired) electrons. The summed E-state index contributed by atoms with van der Waals surface area (Å²) in [6, 6.07) is 15.6. The van der Waals surface area contributed by atoms with Crippen LogP contribution in [0.1, 0.15) is 42.2 Å². The third-order valence-electron chi connectivity index (χ3n) is 5.17. The molecule has 4 rings (SSSR count). The summed E-state index contributed by atoms with van der Waals surface area (Å²) in [7, 11) is -0.971. The number of anilines is 2. The van der Waals surface area contributed by atoms with Gasteiger partial charge in [0.15, 0.2) is 0 Å². The molecule has 9 N–H and O–H groups in total. The number of carboxylic acid groups (broad SMARTS) is 1. The number of hydrogen-bond acceptors (Lipinski definition) is 14. The molecule has 0 aliphatic rings. The zero-order chi connectivity index (χ0) is 36.0. The van der Waals surface area contributed by atoms with Crippen LogP contribution in [-0.2, 0) is 19.9 Å². The average molecular weight is 692 g/mol. The number of nitrogens with two attached hydrogens (primary N) is 2. The van der Waals surface area contributed by atoms with Crippen LogP contribution in [0.4, 0.5) is 11.4 Å². The third-order valence-corrected chi connectivity index (χ3v) is 5.17. The van der Waals surface area contributed by atoms with Gasteiger partial charge in [-0.3, -0.25) is 14.2 Å². The van der Waals surface area contributed by atoms with Gasteiger partial charge in [-0.25, -0.2) is 14.4 Å². The van der Waals surface area contributed by atoms with Crippen molar-refractivity contribution in [2.24, 2.45) is 5.34 Å². The van der Waals surface area contributed by atoms with Crippen LogP contribution in [0.15, 0.2) is 66.1 Å². The number of aryl methyl sites for hydroxylation is 2. The molecule has 0 unspecified atom stereocenters. The van der Waals surface area contributed by atoms with Crippen LogP contribution in [0, 0.1) is 24.0 Å². The topological polar surface area (TPSA) is 318 Å². The van der Waals surface area contributed by atoms with Crippen molar-refractivity contribution in [1.82, 2.24) is 10.2 Å². The molecule has 0 bridgehead atoms. The first-order valence-electron chi connectivity index (χ1n) is 12.2. The minimum absolute atomic E-state index is 0. The number of methoxy groups -OCH3 is 2. The molecule has 0 amide bonds. The molecule has 0 aliphatic heterocycles. The van der Waals surface area contributed by atoms with Crippen LogP contribution in [0.3, 0.4) is 0 Å². The first-order chi connectivity index (χ1) is 21.5. The van der Waals surface area contributed by atoms with Crippen LogP contribution >= 0.6 is 0 Å². The summed E-state index contributed by atoms with van der Waals surface area (Å²) in [5.74, 6) is -1.72. The largest absolute Gasteiger partial charge is 1.00 e. The summed E-state index contributed by atoms with van der Waals surface area (Å²) in [5, 5.41) is 32.1. The Morgan fingerprint density at radius 2 is 1.19 bits per heavy atom. The molecule has 0 saturated carbocycles.